The summed E-state index contributed by atoms with van der Waals surface area (Å²) in [5.41, 5.74) is 0.745. The molecule has 2 rings (SSSR count). The van der Waals surface area contributed by atoms with Crippen molar-refractivity contribution in [3.63, 3.8) is 0 Å². The van der Waals surface area contributed by atoms with Crippen LogP contribution in [0.1, 0.15) is 5.82 Å². The maximum Gasteiger partial charge on any atom is 0.199 e. The van der Waals surface area contributed by atoms with Crippen molar-refractivity contribution in [1.29, 1.82) is 0 Å². The summed E-state index contributed by atoms with van der Waals surface area (Å²) < 4.78 is 0. The first-order chi connectivity index (χ1) is 6.40. The van der Waals surface area contributed by atoms with Gasteiger partial charge in [-0.2, -0.15) is 5.10 Å². The van der Waals surface area contributed by atoms with Crippen LogP contribution in [0.5, 0.6) is 0 Å². The van der Waals surface area contributed by atoms with Gasteiger partial charge in [0.2, 0.25) is 0 Å². The zero-order chi connectivity index (χ0) is 9.10. The fraction of sp³-hybridized carbons (Fsp3) is 0.125. The minimum atomic E-state index is 0.333. The molecule has 0 saturated heterocycles. The number of alkyl halides is 1. The van der Waals surface area contributed by atoms with E-state index in [1.165, 1.54) is 0 Å². The molecule has 4 nitrogen and oxygen atoms in total. The predicted molar refractivity (Wildman–Crippen MR) is 49.2 cm³/mol. The monoisotopic (exact) mass is 194 g/mol. The van der Waals surface area contributed by atoms with Crippen LogP contribution < -0.4 is 0 Å². The number of nitrogens with one attached hydrogen (secondary N) is 1. The van der Waals surface area contributed by atoms with Gasteiger partial charge >= 0.3 is 0 Å². The molecule has 1 N–H and O–H groups in total. The quantitative estimate of drug-likeness (QED) is 0.739. The van der Waals surface area contributed by atoms with Gasteiger partial charge in [-0.1, -0.05) is 6.07 Å². The molecule has 0 amide bonds. The molecule has 0 aliphatic rings. The van der Waals surface area contributed by atoms with Crippen LogP contribution in [-0.4, -0.2) is 20.2 Å². The molecule has 0 saturated carbocycles. The Morgan fingerprint density at radius 2 is 2.31 bits per heavy atom. The molecule has 0 bridgehead atoms. The second-order valence-electron chi connectivity index (χ2n) is 2.45. The molecular formula is C8H7ClN4. The van der Waals surface area contributed by atoms with E-state index in [9.17, 15) is 0 Å². The van der Waals surface area contributed by atoms with Crippen molar-refractivity contribution in [2.75, 3.05) is 0 Å². The van der Waals surface area contributed by atoms with Gasteiger partial charge in [-0.25, -0.2) is 4.98 Å². The first-order valence-corrected chi connectivity index (χ1v) is 4.32. The lowest BCUT2D eigenvalue weighted by molar-refractivity contribution is 1.02. The minimum Gasteiger partial charge on any atom is -0.262 e. The van der Waals surface area contributed by atoms with E-state index in [2.05, 4.69) is 20.2 Å². The third-order valence-electron chi connectivity index (χ3n) is 1.55. The molecule has 2 aromatic heterocycles. The van der Waals surface area contributed by atoms with E-state index < -0.39 is 0 Å². The fourth-order valence-corrected chi connectivity index (χ4v) is 1.08. The van der Waals surface area contributed by atoms with Crippen molar-refractivity contribution in [2.24, 2.45) is 0 Å². The van der Waals surface area contributed by atoms with E-state index in [-0.39, 0.29) is 0 Å². The summed E-state index contributed by atoms with van der Waals surface area (Å²) in [6.45, 7) is 0. The number of halogens is 1. The van der Waals surface area contributed by atoms with Crippen LogP contribution in [0.25, 0.3) is 11.5 Å². The molecule has 2 heterocycles. The van der Waals surface area contributed by atoms with Gasteiger partial charge in [-0.3, -0.25) is 10.1 Å². The maximum atomic E-state index is 5.57. The summed E-state index contributed by atoms with van der Waals surface area (Å²) >= 11 is 5.57. The molecule has 2 aromatic rings. The van der Waals surface area contributed by atoms with Crippen LogP contribution in [0.15, 0.2) is 24.4 Å². The number of H-pyrrole nitrogens is 1. The maximum absolute atomic E-state index is 5.57. The third-order valence-corrected chi connectivity index (χ3v) is 1.81. The van der Waals surface area contributed by atoms with Crippen molar-refractivity contribution >= 4 is 11.6 Å². The van der Waals surface area contributed by atoms with Crippen molar-refractivity contribution in [3.05, 3.63) is 30.2 Å². The Labute approximate surface area is 80.0 Å². The largest absolute Gasteiger partial charge is 0.262 e. The highest BCUT2D eigenvalue weighted by Gasteiger charge is 2.04. The number of rotatable bonds is 2. The number of aromatic nitrogens is 4. The highest BCUT2D eigenvalue weighted by Crippen LogP contribution is 2.10. The van der Waals surface area contributed by atoms with Crippen LogP contribution in [0, 0.1) is 0 Å². The van der Waals surface area contributed by atoms with E-state index in [1.807, 2.05) is 18.2 Å². The molecule has 13 heavy (non-hydrogen) atoms. The molecule has 0 aromatic carbocycles. The second-order valence-corrected chi connectivity index (χ2v) is 2.72. The lowest BCUT2D eigenvalue weighted by atomic mass is 10.3. The predicted octanol–water partition coefficient (Wildman–Crippen LogP) is 1.61. The summed E-state index contributed by atoms with van der Waals surface area (Å²) in [5.74, 6) is 1.57. The first-order valence-electron chi connectivity index (χ1n) is 3.79. The zero-order valence-electron chi connectivity index (χ0n) is 6.74. The first kappa shape index (κ1) is 8.19. The number of pyridine rings is 1. The third kappa shape index (κ3) is 1.67. The lowest BCUT2D eigenvalue weighted by Gasteiger charge is -1.90. The summed E-state index contributed by atoms with van der Waals surface area (Å²) in [5, 5.41) is 6.70. The van der Waals surface area contributed by atoms with Crippen LogP contribution in [0.2, 0.25) is 0 Å². The molecule has 0 spiro atoms. The SMILES string of the molecule is ClCc1nc(-c2ccccn2)n[nH]1. The fourth-order valence-electron chi connectivity index (χ4n) is 0.965. The number of aromatic amines is 1. The summed E-state index contributed by atoms with van der Waals surface area (Å²) in [6.07, 6.45) is 1.70. The molecule has 0 unspecified atom stereocenters. The second kappa shape index (κ2) is 3.53. The highest BCUT2D eigenvalue weighted by atomic mass is 35.5. The summed E-state index contributed by atoms with van der Waals surface area (Å²) in [6, 6.07) is 5.58. The van der Waals surface area contributed by atoms with Gasteiger partial charge in [-0.15, -0.1) is 11.6 Å². The number of hydrogen-bond acceptors (Lipinski definition) is 3. The topological polar surface area (TPSA) is 54.5 Å². The average molecular weight is 195 g/mol. The molecule has 66 valence electrons. The Morgan fingerprint density at radius 3 is 2.92 bits per heavy atom. The Kier molecular flexibility index (Phi) is 2.23. The van der Waals surface area contributed by atoms with E-state index in [1.54, 1.807) is 6.20 Å². The molecule has 0 aliphatic carbocycles. The normalized spacial score (nSPS) is 10.2. The highest BCUT2D eigenvalue weighted by molar-refractivity contribution is 6.16. The van der Waals surface area contributed by atoms with E-state index in [4.69, 9.17) is 11.6 Å². The van der Waals surface area contributed by atoms with Crippen LogP contribution in [0.3, 0.4) is 0 Å². The van der Waals surface area contributed by atoms with Gasteiger partial charge in [0.15, 0.2) is 5.82 Å². The molecule has 0 fully saturated rings. The standard InChI is InChI=1S/C8H7ClN4/c9-5-7-11-8(13-12-7)6-3-1-2-4-10-6/h1-4H,5H2,(H,11,12,13). The number of nitrogens with zero attached hydrogens (tertiary/aromatic N) is 3. The zero-order valence-corrected chi connectivity index (χ0v) is 7.49. The van der Waals surface area contributed by atoms with Gasteiger partial charge in [-0.05, 0) is 12.1 Å². The van der Waals surface area contributed by atoms with Gasteiger partial charge in [0.05, 0.1) is 5.88 Å². The van der Waals surface area contributed by atoms with Crippen molar-refractivity contribution in [1.82, 2.24) is 20.2 Å². The Balaban J connectivity index is 2.36. The Bertz CT molecular complexity index is 384. The van der Waals surface area contributed by atoms with Crippen LogP contribution in [0.4, 0.5) is 0 Å². The van der Waals surface area contributed by atoms with Crippen molar-refractivity contribution in [3.8, 4) is 11.5 Å². The molecular weight excluding hydrogens is 188 g/mol. The van der Waals surface area contributed by atoms with Crippen LogP contribution >= 0.6 is 11.6 Å². The van der Waals surface area contributed by atoms with E-state index in [0.29, 0.717) is 17.5 Å². The van der Waals surface area contributed by atoms with E-state index in [0.717, 1.165) is 5.69 Å². The Hall–Kier alpha value is -1.42. The minimum absolute atomic E-state index is 0.333. The van der Waals surface area contributed by atoms with Crippen molar-refractivity contribution in [2.45, 2.75) is 5.88 Å². The average Bonchev–Trinajstić information content (AvgIpc) is 2.67. The summed E-state index contributed by atoms with van der Waals surface area (Å²) in [4.78, 5) is 8.25. The molecule has 0 radical (unpaired) electrons. The molecule has 0 aliphatic heterocycles. The van der Waals surface area contributed by atoms with Gasteiger partial charge < -0.3 is 0 Å². The molecule has 0 atom stereocenters. The smallest absolute Gasteiger partial charge is 0.199 e. The van der Waals surface area contributed by atoms with Crippen LogP contribution in [-0.2, 0) is 5.88 Å². The van der Waals surface area contributed by atoms with E-state index >= 15 is 0 Å². The Morgan fingerprint density at radius 1 is 1.38 bits per heavy atom. The van der Waals surface area contributed by atoms with Crippen molar-refractivity contribution < 1.29 is 0 Å². The summed E-state index contributed by atoms with van der Waals surface area (Å²) in [7, 11) is 0. The van der Waals surface area contributed by atoms with Gasteiger partial charge in [0.1, 0.15) is 11.5 Å². The lowest BCUT2D eigenvalue weighted by Crippen LogP contribution is -1.84. The molecule has 5 heteroatoms. The number of hydrogen-bond donors (Lipinski definition) is 1. The van der Waals surface area contributed by atoms with Gasteiger partial charge in [0, 0.05) is 6.20 Å². The van der Waals surface area contributed by atoms with Gasteiger partial charge in [0.25, 0.3) is 0 Å².